The number of aromatic nitrogens is 2. The first-order chi connectivity index (χ1) is 17.9. The number of carbonyl (C=O) groups is 3. The fraction of sp³-hybridized carbons (Fsp3) is 0.214. The summed E-state index contributed by atoms with van der Waals surface area (Å²) >= 11 is 0. The molecular formula is C28H27N5O4. The monoisotopic (exact) mass is 497 g/mol. The van der Waals surface area contributed by atoms with Crippen LogP contribution >= 0.6 is 0 Å². The Hall–Kier alpha value is -4.66. The van der Waals surface area contributed by atoms with Crippen LogP contribution in [0.5, 0.6) is 5.75 Å². The number of imidazole rings is 1. The van der Waals surface area contributed by atoms with Gasteiger partial charge in [-0.15, -0.1) is 0 Å². The van der Waals surface area contributed by atoms with Crippen molar-refractivity contribution in [3.63, 3.8) is 0 Å². The Bertz CT molecular complexity index is 1510. The van der Waals surface area contributed by atoms with E-state index in [0.717, 1.165) is 30.5 Å². The van der Waals surface area contributed by atoms with Crippen molar-refractivity contribution >= 4 is 46.1 Å². The summed E-state index contributed by atoms with van der Waals surface area (Å²) in [6.45, 7) is 2.02. The smallest absolute Gasteiger partial charge is 0.259 e. The molecule has 1 aliphatic rings. The van der Waals surface area contributed by atoms with Gasteiger partial charge in [0.05, 0.1) is 23.9 Å². The van der Waals surface area contributed by atoms with Crippen molar-refractivity contribution in [1.29, 1.82) is 0 Å². The first-order valence-electron chi connectivity index (χ1n) is 12.1. The second-order valence-corrected chi connectivity index (χ2v) is 8.88. The van der Waals surface area contributed by atoms with Gasteiger partial charge in [0, 0.05) is 24.7 Å². The topological polar surface area (TPSA) is 116 Å². The third-order valence-electron chi connectivity index (χ3n) is 6.35. The molecule has 0 spiro atoms. The van der Waals surface area contributed by atoms with E-state index in [-0.39, 0.29) is 17.4 Å². The number of nitrogens with zero attached hydrogens (tertiary/aromatic N) is 2. The number of hydrogen-bond acceptors (Lipinski definition) is 5. The van der Waals surface area contributed by atoms with E-state index in [1.54, 1.807) is 36.4 Å². The van der Waals surface area contributed by atoms with Gasteiger partial charge in [-0.2, -0.15) is 0 Å². The van der Waals surface area contributed by atoms with Crippen molar-refractivity contribution < 1.29 is 19.1 Å². The molecule has 0 saturated carbocycles. The number of H-pyrrole nitrogens is 1. The van der Waals surface area contributed by atoms with E-state index in [1.165, 1.54) is 14.0 Å². The van der Waals surface area contributed by atoms with Gasteiger partial charge in [0.15, 0.2) is 0 Å². The molecular weight excluding hydrogens is 470 g/mol. The van der Waals surface area contributed by atoms with Gasteiger partial charge >= 0.3 is 0 Å². The molecule has 3 amide bonds. The average molecular weight is 498 g/mol. The first-order valence-corrected chi connectivity index (χ1v) is 12.1. The largest absolute Gasteiger partial charge is 0.496 e. The number of fused-ring (bicyclic) bond motifs is 2. The van der Waals surface area contributed by atoms with Gasteiger partial charge in [-0.25, -0.2) is 4.98 Å². The van der Waals surface area contributed by atoms with Gasteiger partial charge in [0.25, 0.3) is 11.8 Å². The minimum atomic E-state index is -0.410. The number of aromatic amines is 1. The Morgan fingerprint density at radius 3 is 2.65 bits per heavy atom. The summed E-state index contributed by atoms with van der Waals surface area (Å²) in [4.78, 5) is 47.3. The third-order valence-corrected chi connectivity index (χ3v) is 6.35. The van der Waals surface area contributed by atoms with Crippen LogP contribution in [0.4, 0.5) is 17.3 Å². The van der Waals surface area contributed by atoms with E-state index in [2.05, 4.69) is 26.7 Å². The number of aryl methyl sites for hydroxylation is 1. The molecule has 0 atom stereocenters. The van der Waals surface area contributed by atoms with Crippen LogP contribution in [0.2, 0.25) is 0 Å². The zero-order valence-electron chi connectivity index (χ0n) is 20.6. The first kappa shape index (κ1) is 24.1. The lowest BCUT2D eigenvalue weighted by Gasteiger charge is -2.23. The summed E-state index contributed by atoms with van der Waals surface area (Å²) in [7, 11) is 1.47. The molecule has 0 radical (unpaired) electrons. The zero-order chi connectivity index (χ0) is 25.9. The van der Waals surface area contributed by atoms with Gasteiger partial charge in [-0.3, -0.25) is 19.7 Å². The minimum absolute atomic E-state index is 0.133. The summed E-state index contributed by atoms with van der Waals surface area (Å²) in [5.74, 6) is -0.217. The highest BCUT2D eigenvalue weighted by molar-refractivity contribution is 6.11. The normalized spacial score (nSPS) is 13.0. The predicted octanol–water partition coefficient (Wildman–Crippen LogP) is 4.77. The number of benzene rings is 3. The maximum absolute atomic E-state index is 13.5. The van der Waals surface area contributed by atoms with E-state index in [0.29, 0.717) is 40.5 Å². The standard InChI is InChI=1S/C28H27N5O4/c1-17(34)29-28-31-22-11-7-10-21(25(22)32-28)30-26(35)20-14-13-19(16-24(20)37-2)27(36)33-15-6-5-9-18-8-3-4-12-23(18)33/h3-4,7-8,10-14,16H,5-6,9,15H2,1-2H3,(H,30,35)(H2,29,31,32,34). The highest BCUT2D eigenvalue weighted by atomic mass is 16.5. The maximum atomic E-state index is 13.5. The summed E-state index contributed by atoms with van der Waals surface area (Å²) < 4.78 is 5.51. The van der Waals surface area contributed by atoms with Crippen molar-refractivity contribution in [3.05, 3.63) is 77.4 Å². The number of ether oxygens (including phenoxy) is 1. The van der Waals surface area contributed by atoms with Crippen molar-refractivity contribution in [1.82, 2.24) is 9.97 Å². The Labute approximate surface area is 213 Å². The number of nitrogens with one attached hydrogen (secondary N) is 3. The van der Waals surface area contributed by atoms with E-state index >= 15 is 0 Å². The van der Waals surface area contributed by atoms with E-state index < -0.39 is 5.91 Å². The molecule has 9 heteroatoms. The lowest BCUT2D eigenvalue weighted by molar-refractivity contribution is -0.114. The van der Waals surface area contributed by atoms with Crippen molar-refractivity contribution in [2.24, 2.45) is 0 Å². The highest BCUT2D eigenvalue weighted by Gasteiger charge is 2.24. The Morgan fingerprint density at radius 2 is 1.84 bits per heavy atom. The number of anilines is 3. The molecule has 9 nitrogen and oxygen atoms in total. The molecule has 0 aliphatic carbocycles. The SMILES string of the molecule is COc1cc(C(=O)N2CCCCc3ccccc32)ccc1C(=O)Nc1cccc2[nH]c(NC(C)=O)nc12. The number of amides is 3. The molecule has 0 bridgehead atoms. The second-order valence-electron chi connectivity index (χ2n) is 8.88. The number of methoxy groups -OCH3 is 1. The van der Waals surface area contributed by atoms with Crippen molar-refractivity contribution in [2.75, 3.05) is 29.2 Å². The molecule has 37 heavy (non-hydrogen) atoms. The molecule has 4 aromatic rings. The molecule has 0 unspecified atom stereocenters. The molecule has 5 rings (SSSR count). The lowest BCUT2D eigenvalue weighted by Crippen LogP contribution is -2.31. The Balaban J connectivity index is 1.41. The van der Waals surface area contributed by atoms with E-state index in [4.69, 9.17) is 4.74 Å². The molecule has 3 N–H and O–H groups in total. The molecule has 3 aromatic carbocycles. The van der Waals surface area contributed by atoms with Crippen LogP contribution in [0.15, 0.2) is 60.7 Å². The number of hydrogen-bond donors (Lipinski definition) is 3. The van der Waals surface area contributed by atoms with Crippen LogP contribution < -0.4 is 20.3 Å². The molecule has 0 saturated heterocycles. The summed E-state index contributed by atoms with van der Waals surface area (Å²) in [6, 6.07) is 18.1. The van der Waals surface area contributed by atoms with Crippen LogP contribution in [0.1, 0.15) is 46.0 Å². The van der Waals surface area contributed by atoms with Crippen molar-refractivity contribution in [3.8, 4) is 5.75 Å². The number of rotatable bonds is 5. The van der Waals surface area contributed by atoms with Crippen LogP contribution in [0, 0.1) is 0 Å². The van der Waals surface area contributed by atoms with Gasteiger partial charge in [-0.05, 0) is 61.2 Å². The summed E-state index contributed by atoms with van der Waals surface area (Å²) in [5, 5.41) is 5.47. The maximum Gasteiger partial charge on any atom is 0.259 e. The summed E-state index contributed by atoms with van der Waals surface area (Å²) in [5.41, 5.74) is 4.45. The minimum Gasteiger partial charge on any atom is -0.496 e. The third kappa shape index (κ3) is 4.88. The summed E-state index contributed by atoms with van der Waals surface area (Å²) in [6.07, 6.45) is 2.89. The van der Waals surface area contributed by atoms with Crippen LogP contribution in [-0.4, -0.2) is 41.3 Å². The Morgan fingerprint density at radius 1 is 1.00 bits per heavy atom. The van der Waals surface area contributed by atoms with E-state index in [9.17, 15) is 14.4 Å². The Kier molecular flexibility index (Phi) is 6.59. The molecule has 0 fully saturated rings. The molecule has 188 valence electrons. The van der Waals surface area contributed by atoms with Gasteiger partial charge < -0.3 is 19.9 Å². The predicted molar refractivity (Wildman–Crippen MR) is 142 cm³/mol. The van der Waals surface area contributed by atoms with Crippen molar-refractivity contribution in [2.45, 2.75) is 26.2 Å². The van der Waals surface area contributed by atoms with Crippen LogP contribution in [0.25, 0.3) is 11.0 Å². The molecule has 2 heterocycles. The van der Waals surface area contributed by atoms with Gasteiger partial charge in [0.1, 0.15) is 11.3 Å². The second kappa shape index (κ2) is 10.1. The van der Waals surface area contributed by atoms with Gasteiger partial charge in [0.2, 0.25) is 11.9 Å². The molecule has 1 aromatic heterocycles. The fourth-order valence-electron chi connectivity index (χ4n) is 4.62. The average Bonchev–Trinajstić information content (AvgIpc) is 3.18. The quantitative estimate of drug-likeness (QED) is 0.367. The van der Waals surface area contributed by atoms with E-state index in [1.807, 2.05) is 23.1 Å². The molecule has 1 aliphatic heterocycles. The fourth-order valence-corrected chi connectivity index (χ4v) is 4.62. The van der Waals surface area contributed by atoms with Crippen LogP contribution in [-0.2, 0) is 11.2 Å². The van der Waals surface area contributed by atoms with Crippen LogP contribution in [0.3, 0.4) is 0 Å². The van der Waals surface area contributed by atoms with Gasteiger partial charge in [-0.1, -0.05) is 24.3 Å². The number of para-hydroxylation sites is 2. The highest BCUT2D eigenvalue weighted by Crippen LogP contribution is 2.30. The lowest BCUT2D eigenvalue weighted by atomic mass is 10.1. The zero-order valence-corrected chi connectivity index (χ0v) is 20.6. The number of carbonyl (C=O) groups excluding carboxylic acids is 3.